The van der Waals surface area contributed by atoms with E-state index < -0.39 is 5.82 Å². The highest BCUT2D eigenvalue weighted by Crippen LogP contribution is 2.26. The predicted molar refractivity (Wildman–Crippen MR) is 79.2 cm³/mol. The molecule has 0 aromatic heterocycles. The van der Waals surface area contributed by atoms with Gasteiger partial charge in [-0.2, -0.15) is 5.26 Å². The Balaban J connectivity index is 2.26. The molecule has 4 nitrogen and oxygen atoms in total. The summed E-state index contributed by atoms with van der Waals surface area (Å²) in [6, 6.07) is 5.09. The van der Waals surface area contributed by atoms with Crippen molar-refractivity contribution in [3.63, 3.8) is 0 Å². The molecule has 0 aliphatic heterocycles. The van der Waals surface area contributed by atoms with Gasteiger partial charge in [0.1, 0.15) is 6.07 Å². The van der Waals surface area contributed by atoms with Crippen LogP contribution in [-0.4, -0.2) is 33.5 Å². The minimum absolute atomic E-state index is 0.202. The van der Waals surface area contributed by atoms with Crippen molar-refractivity contribution in [1.82, 2.24) is 0 Å². The number of anilines is 1. The van der Waals surface area contributed by atoms with E-state index in [0.29, 0.717) is 37.6 Å². The Labute approximate surface area is 127 Å². The molecule has 1 aromatic carbocycles. The number of methoxy groups -OCH3 is 1. The Bertz CT molecular complexity index is 463. The molecule has 0 saturated heterocycles. The molecule has 0 fully saturated rings. The van der Waals surface area contributed by atoms with Gasteiger partial charge in [0, 0.05) is 20.3 Å². The third kappa shape index (κ3) is 5.45. The van der Waals surface area contributed by atoms with Crippen LogP contribution in [0, 0.1) is 17.1 Å². The second kappa shape index (κ2) is 9.70. The molecule has 0 aliphatic carbocycles. The van der Waals surface area contributed by atoms with Crippen LogP contribution in [0.1, 0.15) is 18.4 Å². The average Bonchev–Trinajstić information content (AvgIpc) is 2.46. The maximum atomic E-state index is 13.9. The van der Waals surface area contributed by atoms with E-state index in [0.717, 1.165) is 12.8 Å². The van der Waals surface area contributed by atoms with Gasteiger partial charge in [-0.05, 0) is 40.9 Å². The molecule has 1 aromatic rings. The monoisotopic (exact) mass is 344 g/mol. The first-order valence-corrected chi connectivity index (χ1v) is 7.18. The number of nitriles is 1. The zero-order valence-electron chi connectivity index (χ0n) is 11.4. The molecule has 0 heterocycles. The number of unbranched alkanes of at least 4 members (excludes halogenated alkanes) is 1. The minimum atomic E-state index is -0.430. The lowest BCUT2D eigenvalue weighted by molar-refractivity contribution is 0.0691. The van der Waals surface area contributed by atoms with Gasteiger partial charge in [-0.1, -0.05) is 0 Å². The van der Waals surface area contributed by atoms with Crippen molar-refractivity contribution < 1.29 is 13.9 Å². The van der Waals surface area contributed by atoms with Crippen molar-refractivity contribution in [2.24, 2.45) is 0 Å². The molecule has 0 bridgehead atoms. The standard InChI is InChI=1S/C14H18BrFN2O2/c1-19-8-9-20-7-3-2-6-18-12-5-4-11(10-17)13(15)14(12)16/h4-5,18H,2-3,6-9H2,1H3. The van der Waals surface area contributed by atoms with Gasteiger partial charge in [-0.15, -0.1) is 0 Å². The summed E-state index contributed by atoms with van der Waals surface area (Å²) in [7, 11) is 1.64. The van der Waals surface area contributed by atoms with E-state index in [-0.39, 0.29) is 4.47 Å². The van der Waals surface area contributed by atoms with Crippen molar-refractivity contribution in [3.8, 4) is 6.07 Å². The molecule has 0 unspecified atom stereocenters. The van der Waals surface area contributed by atoms with Gasteiger partial charge in [0.15, 0.2) is 5.82 Å². The van der Waals surface area contributed by atoms with Crippen LogP contribution in [0.4, 0.5) is 10.1 Å². The summed E-state index contributed by atoms with van der Waals surface area (Å²) >= 11 is 3.08. The van der Waals surface area contributed by atoms with Crippen LogP contribution in [0.15, 0.2) is 16.6 Å². The fourth-order valence-electron chi connectivity index (χ4n) is 1.57. The third-order valence-electron chi connectivity index (χ3n) is 2.67. The lowest BCUT2D eigenvalue weighted by Crippen LogP contribution is -2.07. The first-order chi connectivity index (χ1) is 9.70. The molecule has 0 radical (unpaired) electrons. The van der Waals surface area contributed by atoms with Gasteiger partial charge in [-0.3, -0.25) is 0 Å². The molecule has 20 heavy (non-hydrogen) atoms. The average molecular weight is 345 g/mol. The Morgan fingerprint density at radius 3 is 2.80 bits per heavy atom. The quantitative estimate of drug-likeness (QED) is 0.698. The van der Waals surface area contributed by atoms with E-state index in [2.05, 4.69) is 21.2 Å². The van der Waals surface area contributed by atoms with Crippen LogP contribution in [0.3, 0.4) is 0 Å². The molecule has 1 rings (SSSR count). The molecule has 0 aliphatic rings. The largest absolute Gasteiger partial charge is 0.383 e. The van der Waals surface area contributed by atoms with Crippen molar-refractivity contribution in [2.45, 2.75) is 12.8 Å². The second-order valence-corrected chi connectivity index (χ2v) is 4.93. The Kier molecular flexibility index (Phi) is 8.19. The summed E-state index contributed by atoms with van der Waals surface area (Å²) in [6.07, 6.45) is 1.78. The maximum absolute atomic E-state index is 13.9. The fourth-order valence-corrected chi connectivity index (χ4v) is 2.00. The third-order valence-corrected chi connectivity index (χ3v) is 3.44. The Hall–Kier alpha value is -1.16. The highest BCUT2D eigenvalue weighted by Gasteiger charge is 2.10. The highest BCUT2D eigenvalue weighted by molar-refractivity contribution is 9.10. The van der Waals surface area contributed by atoms with Crippen molar-refractivity contribution in [1.29, 1.82) is 5.26 Å². The Morgan fingerprint density at radius 1 is 1.30 bits per heavy atom. The van der Waals surface area contributed by atoms with Crippen LogP contribution in [0.2, 0.25) is 0 Å². The summed E-state index contributed by atoms with van der Waals surface area (Å²) < 4.78 is 24.3. The predicted octanol–water partition coefficient (Wildman–Crippen LogP) is 3.31. The molecular formula is C14H18BrFN2O2. The van der Waals surface area contributed by atoms with E-state index in [1.54, 1.807) is 19.2 Å². The molecule has 0 spiro atoms. The number of hydrogen-bond acceptors (Lipinski definition) is 4. The number of ether oxygens (including phenoxy) is 2. The van der Waals surface area contributed by atoms with E-state index in [1.807, 2.05) is 6.07 Å². The van der Waals surface area contributed by atoms with Gasteiger partial charge < -0.3 is 14.8 Å². The zero-order valence-corrected chi connectivity index (χ0v) is 13.0. The summed E-state index contributed by atoms with van der Waals surface area (Å²) in [5, 5.41) is 11.8. The van der Waals surface area contributed by atoms with Crippen molar-refractivity contribution >= 4 is 21.6 Å². The van der Waals surface area contributed by atoms with Gasteiger partial charge >= 0.3 is 0 Å². The number of rotatable bonds is 9. The molecule has 0 amide bonds. The van der Waals surface area contributed by atoms with Crippen LogP contribution in [0.25, 0.3) is 0 Å². The molecule has 0 atom stereocenters. The topological polar surface area (TPSA) is 54.3 Å². The number of hydrogen-bond donors (Lipinski definition) is 1. The van der Waals surface area contributed by atoms with Gasteiger partial charge in [0.2, 0.25) is 0 Å². The first kappa shape index (κ1) is 16.9. The summed E-state index contributed by atoms with van der Waals surface area (Å²) in [5.41, 5.74) is 0.691. The molecule has 6 heteroatoms. The smallest absolute Gasteiger partial charge is 0.161 e. The van der Waals surface area contributed by atoms with Gasteiger partial charge in [0.05, 0.1) is 28.9 Å². The molecule has 1 N–H and O–H groups in total. The zero-order chi connectivity index (χ0) is 14.8. The van der Waals surface area contributed by atoms with Gasteiger partial charge in [-0.25, -0.2) is 4.39 Å². The van der Waals surface area contributed by atoms with E-state index in [1.165, 1.54) is 0 Å². The lowest BCUT2D eigenvalue weighted by Gasteiger charge is -2.09. The summed E-state index contributed by atoms with van der Waals surface area (Å²) in [6.45, 7) is 2.53. The number of nitrogens with one attached hydrogen (secondary N) is 1. The van der Waals surface area contributed by atoms with Crippen molar-refractivity contribution in [2.75, 3.05) is 38.8 Å². The van der Waals surface area contributed by atoms with Crippen LogP contribution in [-0.2, 0) is 9.47 Å². The maximum Gasteiger partial charge on any atom is 0.161 e. The molecular weight excluding hydrogens is 327 g/mol. The normalized spacial score (nSPS) is 10.3. The van der Waals surface area contributed by atoms with Crippen LogP contribution in [0.5, 0.6) is 0 Å². The van der Waals surface area contributed by atoms with Gasteiger partial charge in [0.25, 0.3) is 0 Å². The lowest BCUT2D eigenvalue weighted by atomic mass is 10.2. The minimum Gasteiger partial charge on any atom is -0.383 e. The number of halogens is 2. The number of nitrogens with zero attached hydrogens (tertiary/aromatic N) is 1. The molecule has 110 valence electrons. The Morgan fingerprint density at radius 2 is 2.10 bits per heavy atom. The van der Waals surface area contributed by atoms with Crippen LogP contribution < -0.4 is 5.32 Å². The second-order valence-electron chi connectivity index (χ2n) is 4.14. The number of benzene rings is 1. The highest BCUT2D eigenvalue weighted by atomic mass is 79.9. The molecule has 0 saturated carbocycles. The fraction of sp³-hybridized carbons (Fsp3) is 0.500. The summed E-state index contributed by atoms with van der Waals surface area (Å²) in [5.74, 6) is -0.430. The first-order valence-electron chi connectivity index (χ1n) is 6.39. The van der Waals surface area contributed by atoms with Crippen LogP contribution >= 0.6 is 15.9 Å². The SMILES string of the molecule is COCCOCCCCNc1ccc(C#N)c(Br)c1F. The van der Waals surface area contributed by atoms with E-state index >= 15 is 0 Å². The van der Waals surface area contributed by atoms with E-state index in [4.69, 9.17) is 14.7 Å². The van der Waals surface area contributed by atoms with E-state index in [9.17, 15) is 4.39 Å². The van der Waals surface area contributed by atoms with Crippen molar-refractivity contribution in [3.05, 3.63) is 28.0 Å². The summed E-state index contributed by atoms with van der Waals surface area (Å²) in [4.78, 5) is 0.